The van der Waals surface area contributed by atoms with Crippen molar-refractivity contribution in [2.24, 2.45) is 0 Å². The summed E-state index contributed by atoms with van der Waals surface area (Å²) in [6.45, 7) is 5.33. The third-order valence-electron chi connectivity index (χ3n) is 5.33. The molecule has 2 aromatic heterocycles. The highest BCUT2D eigenvalue weighted by Crippen LogP contribution is 2.21. The Bertz CT molecular complexity index is 966. The standard InChI is InChI=1S/C22H25N5O2/c1-15-19(16(2)29-26-15)8-9-21(28)24-18-11-13-27(14-18)22-23-12-10-20(25-22)17-6-4-3-5-7-17/h3-7,10,12,18H,8-9,11,13-14H2,1-2H3,(H,24,28). The molecule has 1 fully saturated rings. The van der Waals surface area contributed by atoms with Crippen LogP contribution in [0.25, 0.3) is 11.3 Å². The number of aromatic nitrogens is 3. The van der Waals surface area contributed by atoms with Gasteiger partial charge >= 0.3 is 0 Å². The van der Waals surface area contributed by atoms with E-state index in [2.05, 4.69) is 20.4 Å². The Balaban J connectivity index is 1.33. The van der Waals surface area contributed by atoms with Crippen LogP contribution in [0, 0.1) is 13.8 Å². The SMILES string of the molecule is Cc1noc(C)c1CCC(=O)NC1CCN(c2nccc(-c3ccccc3)n2)C1. The molecule has 0 spiro atoms. The van der Waals surface area contributed by atoms with Crippen LogP contribution in [0.1, 0.15) is 29.9 Å². The summed E-state index contributed by atoms with van der Waals surface area (Å²) in [5.74, 6) is 1.55. The van der Waals surface area contributed by atoms with Crippen LogP contribution in [-0.2, 0) is 11.2 Å². The number of nitrogens with zero attached hydrogens (tertiary/aromatic N) is 4. The molecule has 3 heterocycles. The molecule has 0 saturated carbocycles. The molecule has 150 valence electrons. The van der Waals surface area contributed by atoms with Gasteiger partial charge in [0.15, 0.2) is 0 Å². The molecule has 3 aromatic rings. The molecule has 1 aromatic carbocycles. The van der Waals surface area contributed by atoms with Gasteiger partial charge in [-0.3, -0.25) is 4.79 Å². The lowest BCUT2D eigenvalue weighted by molar-refractivity contribution is -0.121. The number of carbonyl (C=O) groups excluding carboxylic acids is 1. The van der Waals surface area contributed by atoms with Crippen LogP contribution in [-0.4, -0.2) is 40.2 Å². The lowest BCUT2D eigenvalue weighted by Gasteiger charge is -2.17. The first kappa shape index (κ1) is 19.1. The van der Waals surface area contributed by atoms with E-state index in [1.54, 1.807) is 6.20 Å². The molecule has 4 rings (SSSR count). The van der Waals surface area contributed by atoms with E-state index in [9.17, 15) is 4.79 Å². The lowest BCUT2D eigenvalue weighted by Crippen LogP contribution is -2.37. The molecule has 7 nitrogen and oxygen atoms in total. The van der Waals surface area contributed by atoms with Crippen molar-refractivity contribution in [2.45, 2.75) is 39.2 Å². The van der Waals surface area contributed by atoms with E-state index in [-0.39, 0.29) is 11.9 Å². The summed E-state index contributed by atoms with van der Waals surface area (Å²) in [7, 11) is 0. The van der Waals surface area contributed by atoms with Gasteiger partial charge in [0.1, 0.15) is 5.76 Å². The summed E-state index contributed by atoms with van der Waals surface area (Å²) < 4.78 is 5.16. The van der Waals surface area contributed by atoms with E-state index in [1.807, 2.05) is 50.2 Å². The highest BCUT2D eigenvalue weighted by Gasteiger charge is 2.26. The first-order valence-corrected chi connectivity index (χ1v) is 9.94. The van der Waals surface area contributed by atoms with Gasteiger partial charge in [0.05, 0.1) is 11.4 Å². The van der Waals surface area contributed by atoms with Crippen molar-refractivity contribution < 1.29 is 9.32 Å². The Morgan fingerprint density at radius 1 is 1.24 bits per heavy atom. The van der Waals surface area contributed by atoms with Crippen molar-refractivity contribution >= 4 is 11.9 Å². The highest BCUT2D eigenvalue weighted by molar-refractivity contribution is 5.76. The van der Waals surface area contributed by atoms with Gasteiger partial charge in [-0.1, -0.05) is 35.5 Å². The van der Waals surface area contributed by atoms with Gasteiger partial charge in [0.2, 0.25) is 11.9 Å². The summed E-state index contributed by atoms with van der Waals surface area (Å²) in [6, 6.07) is 12.1. The summed E-state index contributed by atoms with van der Waals surface area (Å²) in [5, 5.41) is 7.08. The number of amides is 1. The average molecular weight is 391 g/mol. The Morgan fingerprint density at radius 2 is 2.07 bits per heavy atom. The molecule has 1 amide bonds. The smallest absolute Gasteiger partial charge is 0.225 e. The van der Waals surface area contributed by atoms with Gasteiger partial charge in [0, 0.05) is 42.9 Å². The van der Waals surface area contributed by atoms with Crippen molar-refractivity contribution in [3.63, 3.8) is 0 Å². The predicted octanol–water partition coefficient (Wildman–Crippen LogP) is 3.08. The van der Waals surface area contributed by atoms with Crippen LogP contribution in [0.3, 0.4) is 0 Å². The quantitative estimate of drug-likeness (QED) is 0.695. The number of hydrogen-bond donors (Lipinski definition) is 1. The fourth-order valence-electron chi connectivity index (χ4n) is 3.73. The first-order valence-electron chi connectivity index (χ1n) is 9.94. The molecule has 7 heteroatoms. The summed E-state index contributed by atoms with van der Waals surface area (Å²) in [5.41, 5.74) is 3.86. The average Bonchev–Trinajstić information content (AvgIpc) is 3.34. The molecule has 29 heavy (non-hydrogen) atoms. The van der Waals surface area contributed by atoms with Crippen molar-refractivity contribution in [3.05, 3.63) is 59.6 Å². The van der Waals surface area contributed by atoms with Gasteiger partial charge in [0.25, 0.3) is 0 Å². The number of benzene rings is 1. The monoisotopic (exact) mass is 391 g/mol. The van der Waals surface area contributed by atoms with Crippen molar-refractivity contribution in [3.8, 4) is 11.3 Å². The Labute approximate surface area is 170 Å². The van der Waals surface area contributed by atoms with Crippen LogP contribution in [0.15, 0.2) is 47.1 Å². The number of carbonyl (C=O) groups is 1. The molecule has 0 aliphatic carbocycles. The molecule has 0 radical (unpaired) electrons. The predicted molar refractivity (Wildman–Crippen MR) is 111 cm³/mol. The maximum Gasteiger partial charge on any atom is 0.225 e. The molecule has 1 saturated heterocycles. The summed E-state index contributed by atoms with van der Waals surface area (Å²) >= 11 is 0. The van der Waals surface area contributed by atoms with E-state index in [4.69, 9.17) is 9.51 Å². The molecule has 1 aliphatic rings. The maximum absolute atomic E-state index is 12.4. The van der Waals surface area contributed by atoms with E-state index in [1.165, 1.54) is 0 Å². The zero-order valence-corrected chi connectivity index (χ0v) is 16.8. The van der Waals surface area contributed by atoms with Gasteiger partial charge in [-0.05, 0) is 32.8 Å². The Kier molecular flexibility index (Phi) is 5.55. The third kappa shape index (κ3) is 4.45. The first-order chi connectivity index (χ1) is 14.1. The Hall–Kier alpha value is -3.22. The lowest BCUT2D eigenvalue weighted by atomic mass is 10.1. The number of hydrogen-bond acceptors (Lipinski definition) is 6. The van der Waals surface area contributed by atoms with Crippen LogP contribution in [0.5, 0.6) is 0 Å². The summed E-state index contributed by atoms with van der Waals surface area (Å²) in [4.78, 5) is 23.7. The van der Waals surface area contributed by atoms with E-state index in [0.717, 1.165) is 47.8 Å². The zero-order chi connectivity index (χ0) is 20.2. The van der Waals surface area contributed by atoms with Crippen LogP contribution >= 0.6 is 0 Å². The second-order valence-electron chi connectivity index (χ2n) is 7.41. The number of aryl methyl sites for hydroxylation is 2. The minimum Gasteiger partial charge on any atom is -0.361 e. The fourth-order valence-corrected chi connectivity index (χ4v) is 3.73. The van der Waals surface area contributed by atoms with Gasteiger partial charge in [-0.15, -0.1) is 0 Å². The fraction of sp³-hybridized carbons (Fsp3) is 0.364. The largest absolute Gasteiger partial charge is 0.361 e. The van der Waals surface area contributed by atoms with Crippen molar-refractivity contribution in [1.82, 2.24) is 20.4 Å². The number of rotatable bonds is 6. The van der Waals surface area contributed by atoms with Crippen molar-refractivity contribution in [2.75, 3.05) is 18.0 Å². The van der Waals surface area contributed by atoms with Gasteiger partial charge < -0.3 is 14.7 Å². The normalized spacial score (nSPS) is 16.2. The molecule has 1 N–H and O–H groups in total. The molecule has 1 aliphatic heterocycles. The van der Waals surface area contributed by atoms with Crippen LogP contribution in [0.2, 0.25) is 0 Å². The molecular weight excluding hydrogens is 366 g/mol. The molecular formula is C22H25N5O2. The van der Waals surface area contributed by atoms with E-state index >= 15 is 0 Å². The van der Waals surface area contributed by atoms with Crippen molar-refractivity contribution in [1.29, 1.82) is 0 Å². The van der Waals surface area contributed by atoms with E-state index in [0.29, 0.717) is 18.8 Å². The van der Waals surface area contributed by atoms with Crippen LogP contribution in [0.4, 0.5) is 5.95 Å². The summed E-state index contributed by atoms with van der Waals surface area (Å²) in [6.07, 6.45) is 3.75. The number of anilines is 1. The second-order valence-corrected chi connectivity index (χ2v) is 7.41. The minimum atomic E-state index is 0.0517. The third-order valence-corrected chi connectivity index (χ3v) is 5.33. The Morgan fingerprint density at radius 3 is 2.83 bits per heavy atom. The highest BCUT2D eigenvalue weighted by atomic mass is 16.5. The molecule has 1 atom stereocenters. The zero-order valence-electron chi connectivity index (χ0n) is 16.8. The second kappa shape index (κ2) is 8.43. The molecule has 1 unspecified atom stereocenters. The van der Waals surface area contributed by atoms with Crippen LogP contribution < -0.4 is 10.2 Å². The molecule has 0 bridgehead atoms. The van der Waals surface area contributed by atoms with Gasteiger partial charge in [-0.25, -0.2) is 9.97 Å². The van der Waals surface area contributed by atoms with Gasteiger partial charge in [-0.2, -0.15) is 0 Å². The minimum absolute atomic E-state index is 0.0517. The topological polar surface area (TPSA) is 84.2 Å². The maximum atomic E-state index is 12.4. The number of nitrogens with one attached hydrogen (secondary N) is 1. The van der Waals surface area contributed by atoms with E-state index < -0.39 is 0 Å².